The number of aryl methyl sites for hydroxylation is 1. The summed E-state index contributed by atoms with van der Waals surface area (Å²) in [7, 11) is 0. The third-order valence-corrected chi connectivity index (χ3v) is 4.81. The molecule has 2 aromatic rings. The highest BCUT2D eigenvalue weighted by atomic mass is 16.6. The number of nitrogens with one attached hydrogen (secondary N) is 1. The minimum atomic E-state index is -0.578. The molecule has 2 atom stereocenters. The van der Waals surface area contributed by atoms with Crippen LogP contribution in [-0.4, -0.2) is 62.0 Å². The molecule has 0 aliphatic carbocycles. The van der Waals surface area contributed by atoms with Crippen molar-refractivity contribution in [1.82, 2.24) is 25.5 Å². The molecule has 1 aromatic carbocycles. The van der Waals surface area contributed by atoms with Crippen LogP contribution < -0.4 is 0 Å². The molecule has 8 nitrogen and oxygen atoms in total. The molecule has 1 aliphatic heterocycles. The van der Waals surface area contributed by atoms with Crippen molar-refractivity contribution in [2.45, 2.75) is 50.7 Å². The Morgan fingerprint density at radius 3 is 2.86 bits per heavy atom. The number of carbonyl (C=O) groups is 1. The molecule has 150 valence electrons. The fourth-order valence-corrected chi connectivity index (χ4v) is 3.27. The van der Waals surface area contributed by atoms with Gasteiger partial charge in [-0.15, -0.1) is 5.10 Å². The maximum Gasteiger partial charge on any atom is 0.410 e. The van der Waals surface area contributed by atoms with Crippen molar-refractivity contribution in [3.8, 4) is 0 Å². The number of aromatic amines is 1. The summed E-state index contributed by atoms with van der Waals surface area (Å²) in [5, 5.41) is 23.9. The van der Waals surface area contributed by atoms with E-state index in [4.69, 9.17) is 4.74 Å². The van der Waals surface area contributed by atoms with Gasteiger partial charge in [-0.1, -0.05) is 55.3 Å². The first-order valence-electron chi connectivity index (χ1n) is 9.78. The quantitative estimate of drug-likeness (QED) is 0.454. The number of hydrogen-bond acceptors (Lipinski definition) is 6. The van der Waals surface area contributed by atoms with Crippen molar-refractivity contribution < 1.29 is 14.6 Å². The summed E-state index contributed by atoms with van der Waals surface area (Å²) >= 11 is 0. The third-order valence-electron chi connectivity index (χ3n) is 4.81. The van der Waals surface area contributed by atoms with Crippen LogP contribution >= 0.6 is 0 Å². The minimum absolute atomic E-state index is 0.113. The largest absolute Gasteiger partial charge is 0.447 e. The molecule has 1 saturated heterocycles. The number of H-pyrrole nitrogens is 1. The highest BCUT2D eigenvalue weighted by Gasteiger charge is 2.30. The monoisotopic (exact) mass is 385 g/mol. The van der Waals surface area contributed by atoms with E-state index in [2.05, 4.69) is 20.6 Å². The lowest BCUT2D eigenvalue weighted by Gasteiger charge is -2.19. The summed E-state index contributed by atoms with van der Waals surface area (Å²) in [6.45, 7) is 0.998. The lowest BCUT2D eigenvalue weighted by Crippen LogP contribution is -2.33. The Morgan fingerprint density at radius 2 is 2.07 bits per heavy atom. The van der Waals surface area contributed by atoms with E-state index >= 15 is 0 Å². The Morgan fingerprint density at radius 1 is 1.25 bits per heavy atom. The van der Waals surface area contributed by atoms with Gasteiger partial charge in [0.1, 0.15) is 12.4 Å². The van der Waals surface area contributed by atoms with Gasteiger partial charge in [0.05, 0.1) is 12.1 Å². The zero-order valence-electron chi connectivity index (χ0n) is 15.9. The Balaban J connectivity index is 1.37. The Hall–Kier alpha value is -2.74. The molecule has 3 rings (SSSR count). The van der Waals surface area contributed by atoms with Gasteiger partial charge < -0.3 is 9.84 Å². The molecule has 1 amide bonds. The van der Waals surface area contributed by atoms with Crippen LogP contribution in [0.15, 0.2) is 42.5 Å². The summed E-state index contributed by atoms with van der Waals surface area (Å²) in [5.74, 6) is 0.808. The molecule has 0 saturated carbocycles. The number of aliphatic hydroxyl groups excluding tert-OH is 1. The van der Waals surface area contributed by atoms with Gasteiger partial charge in [-0.25, -0.2) is 9.89 Å². The number of cyclic esters (lactones) is 1. The summed E-state index contributed by atoms with van der Waals surface area (Å²) in [5.41, 5.74) is 1.08. The molecular formula is C20H27N5O3. The highest BCUT2D eigenvalue weighted by molar-refractivity contribution is 5.70. The smallest absolute Gasteiger partial charge is 0.410 e. The highest BCUT2D eigenvalue weighted by Crippen LogP contribution is 2.16. The van der Waals surface area contributed by atoms with Crippen LogP contribution in [0.1, 0.15) is 37.1 Å². The van der Waals surface area contributed by atoms with Gasteiger partial charge >= 0.3 is 6.09 Å². The molecule has 0 radical (unpaired) electrons. The van der Waals surface area contributed by atoms with E-state index in [9.17, 15) is 9.90 Å². The maximum absolute atomic E-state index is 12.0. The molecular weight excluding hydrogens is 358 g/mol. The number of tetrazole rings is 1. The Kier molecular flexibility index (Phi) is 7.54. The number of amides is 1. The molecule has 1 aliphatic rings. The first-order valence-corrected chi connectivity index (χ1v) is 9.78. The number of aromatic nitrogens is 4. The van der Waals surface area contributed by atoms with E-state index in [1.165, 1.54) is 0 Å². The van der Waals surface area contributed by atoms with Crippen molar-refractivity contribution in [3.05, 3.63) is 53.9 Å². The molecule has 2 unspecified atom stereocenters. The molecule has 8 heteroatoms. The molecule has 0 bridgehead atoms. The van der Waals surface area contributed by atoms with Crippen LogP contribution in [0, 0.1) is 0 Å². The van der Waals surface area contributed by atoms with Crippen LogP contribution in [0.3, 0.4) is 0 Å². The number of hydrogen-bond donors (Lipinski definition) is 2. The Bertz CT molecular complexity index is 736. The van der Waals surface area contributed by atoms with E-state index in [-0.39, 0.29) is 12.1 Å². The van der Waals surface area contributed by atoms with Crippen LogP contribution in [0.2, 0.25) is 0 Å². The van der Waals surface area contributed by atoms with Crippen molar-refractivity contribution in [2.24, 2.45) is 0 Å². The van der Waals surface area contributed by atoms with E-state index in [1.807, 2.05) is 36.4 Å². The molecule has 1 aromatic heterocycles. The van der Waals surface area contributed by atoms with Gasteiger partial charge in [0.2, 0.25) is 0 Å². The summed E-state index contributed by atoms with van der Waals surface area (Å²) in [4.78, 5) is 13.7. The van der Waals surface area contributed by atoms with Gasteiger partial charge in [0.25, 0.3) is 0 Å². The third kappa shape index (κ3) is 6.16. The number of nitrogens with zero attached hydrogens (tertiary/aromatic N) is 4. The topological polar surface area (TPSA) is 104 Å². The second-order valence-electron chi connectivity index (χ2n) is 6.99. The zero-order chi connectivity index (χ0) is 19.6. The number of unbranched alkanes of at least 4 members (excludes halogenated alkanes) is 3. The van der Waals surface area contributed by atoms with Crippen LogP contribution in [0.4, 0.5) is 4.79 Å². The standard InChI is InChI=1S/C20H27N5O3/c26-18(14-16-8-4-3-5-9-16)12-11-17-15-28-20(27)25(17)13-7-2-1-6-10-19-21-23-24-22-19/h3-5,8-9,11-12,17-18,26H,1-2,6-7,10,13-15H2,(H,21,22,23,24). The van der Waals surface area contributed by atoms with Crippen LogP contribution in [0.25, 0.3) is 0 Å². The molecule has 0 spiro atoms. The van der Waals surface area contributed by atoms with Crippen LogP contribution in [-0.2, 0) is 17.6 Å². The fraction of sp³-hybridized carbons (Fsp3) is 0.500. The summed E-state index contributed by atoms with van der Waals surface area (Å²) < 4.78 is 5.18. The lowest BCUT2D eigenvalue weighted by atomic mass is 10.1. The van der Waals surface area contributed by atoms with Gasteiger partial charge in [0, 0.05) is 19.4 Å². The molecule has 2 N–H and O–H groups in total. The number of benzene rings is 1. The zero-order valence-corrected chi connectivity index (χ0v) is 15.9. The van der Waals surface area contributed by atoms with Crippen LogP contribution in [0.5, 0.6) is 0 Å². The lowest BCUT2D eigenvalue weighted by molar-refractivity contribution is 0.157. The summed E-state index contributed by atoms with van der Waals surface area (Å²) in [6.07, 6.45) is 8.19. The first-order chi connectivity index (χ1) is 13.7. The van der Waals surface area contributed by atoms with Gasteiger partial charge in [-0.3, -0.25) is 4.90 Å². The second kappa shape index (κ2) is 10.6. The van der Waals surface area contributed by atoms with Gasteiger partial charge in [-0.2, -0.15) is 0 Å². The first kappa shape index (κ1) is 20.0. The van der Waals surface area contributed by atoms with E-state index in [1.54, 1.807) is 11.0 Å². The molecule has 28 heavy (non-hydrogen) atoms. The van der Waals surface area contributed by atoms with Crippen molar-refractivity contribution in [2.75, 3.05) is 13.2 Å². The molecule has 1 fully saturated rings. The second-order valence-corrected chi connectivity index (χ2v) is 6.99. The normalized spacial score (nSPS) is 18.0. The van der Waals surface area contributed by atoms with Crippen molar-refractivity contribution >= 4 is 6.09 Å². The van der Waals surface area contributed by atoms with Crippen molar-refractivity contribution in [3.63, 3.8) is 0 Å². The van der Waals surface area contributed by atoms with E-state index in [0.29, 0.717) is 19.6 Å². The average molecular weight is 385 g/mol. The minimum Gasteiger partial charge on any atom is -0.447 e. The van der Waals surface area contributed by atoms with Gasteiger partial charge in [-0.05, 0) is 28.8 Å². The number of ether oxygens (including phenoxy) is 1. The average Bonchev–Trinajstić information content (AvgIpc) is 3.34. The number of aliphatic hydroxyl groups is 1. The number of rotatable bonds is 11. The summed E-state index contributed by atoms with van der Waals surface area (Å²) in [6, 6.07) is 9.74. The number of carbonyl (C=O) groups excluding carboxylic acids is 1. The SMILES string of the molecule is O=C1OCC(C=CC(O)Cc2ccccc2)N1CCCCCCc1nnn[nH]1. The van der Waals surface area contributed by atoms with E-state index < -0.39 is 6.10 Å². The van der Waals surface area contributed by atoms with E-state index in [0.717, 1.165) is 43.5 Å². The maximum atomic E-state index is 12.0. The fourth-order valence-electron chi connectivity index (χ4n) is 3.27. The van der Waals surface area contributed by atoms with Crippen molar-refractivity contribution in [1.29, 1.82) is 0 Å². The van der Waals surface area contributed by atoms with Gasteiger partial charge in [0.15, 0.2) is 0 Å². The molecule has 2 heterocycles. The predicted molar refractivity (Wildman–Crippen MR) is 103 cm³/mol. The predicted octanol–water partition coefficient (Wildman–Crippen LogP) is 2.28. The Labute approximate surface area is 164 Å².